The van der Waals surface area contributed by atoms with Crippen LogP contribution in [0.15, 0.2) is 36.8 Å². The third kappa shape index (κ3) is 6.61. The number of nitrogens with zero attached hydrogens (tertiary/aromatic N) is 6. The van der Waals surface area contributed by atoms with Crippen LogP contribution in [0.4, 0.5) is 0 Å². The van der Waals surface area contributed by atoms with Gasteiger partial charge in [0.25, 0.3) is 0 Å². The second-order valence-electron chi connectivity index (χ2n) is 7.99. The van der Waals surface area contributed by atoms with Gasteiger partial charge in [-0.25, -0.2) is 14.0 Å². The molecule has 0 saturated carbocycles. The quantitative estimate of drug-likeness (QED) is 0.301. The van der Waals surface area contributed by atoms with Gasteiger partial charge >= 0.3 is 33.3 Å². The van der Waals surface area contributed by atoms with Crippen LogP contribution >= 0.6 is 20.2 Å². The summed E-state index contributed by atoms with van der Waals surface area (Å²) in [5.74, 6) is 1.30. The maximum atomic E-state index is 4.88. The van der Waals surface area contributed by atoms with Crippen molar-refractivity contribution < 1.29 is 13.1 Å². The first kappa shape index (κ1) is 26.0. The van der Waals surface area contributed by atoms with E-state index < -0.39 is 0 Å². The number of rotatable bonds is 9. The number of aromatic nitrogens is 6. The zero-order chi connectivity index (χ0) is 23.0. The van der Waals surface area contributed by atoms with Crippen molar-refractivity contribution in [1.29, 1.82) is 0 Å². The first-order valence-electron chi connectivity index (χ1n) is 10.9. The van der Waals surface area contributed by atoms with Gasteiger partial charge in [-0.2, -0.15) is 15.3 Å². The van der Waals surface area contributed by atoms with Gasteiger partial charge in [-0.1, -0.05) is 41.5 Å². The Bertz CT molecular complexity index is 791. The van der Waals surface area contributed by atoms with Crippen molar-refractivity contribution in [3.05, 3.63) is 53.9 Å². The standard InChI is InChI=1S/C22H34N6.2ClH.Mn/c1-7-16(4)19-10-13-26(23-19)22(27-14-11-20(24-27)17(5)8-2)28-15-12-21(25-28)18(6)9-3;;;/h10-18,22H,7-9H2,1-6H3;2*1H;/q;;;+2/p-2. The second-order valence-corrected chi connectivity index (χ2v) is 9.94. The molecular formula is C22H34Cl2MnN6. The third-order valence-electron chi connectivity index (χ3n) is 5.95. The van der Waals surface area contributed by atoms with Crippen LogP contribution in [0, 0.1) is 0 Å². The molecule has 0 fully saturated rings. The van der Waals surface area contributed by atoms with Gasteiger partial charge in [0, 0.05) is 18.6 Å². The van der Waals surface area contributed by atoms with Gasteiger partial charge in [0.05, 0.1) is 17.1 Å². The number of hydrogen-bond donors (Lipinski definition) is 0. The van der Waals surface area contributed by atoms with Crippen molar-refractivity contribution >= 4 is 20.2 Å². The summed E-state index contributed by atoms with van der Waals surface area (Å²) in [7, 11) is 9.59. The Morgan fingerprint density at radius 1 is 0.677 bits per heavy atom. The summed E-state index contributed by atoms with van der Waals surface area (Å²) in [5, 5.41) is 14.6. The molecule has 3 unspecified atom stereocenters. The molecule has 0 aromatic carbocycles. The van der Waals surface area contributed by atoms with E-state index in [-0.39, 0.29) is 19.4 Å². The van der Waals surface area contributed by atoms with E-state index in [2.05, 4.69) is 59.7 Å². The van der Waals surface area contributed by atoms with Gasteiger partial charge in [-0.15, -0.1) is 0 Å². The molecule has 3 heterocycles. The van der Waals surface area contributed by atoms with Crippen molar-refractivity contribution in [2.75, 3.05) is 0 Å². The van der Waals surface area contributed by atoms with Crippen molar-refractivity contribution in [3.63, 3.8) is 0 Å². The normalized spacial score (nSPS) is 15.1. The summed E-state index contributed by atoms with van der Waals surface area (Å²) in [6.45, 7) is 13.2. The van der Waals surface area contributed by atoms with E-state index in [1.807, 2.05) is 32.6 Å². The van der Waals surface area contributed by atoms with Crippen molar-refractivity contribution in [3.8, 4) is 0 Å². The Labute approximate surface area is 200 Å². The molecule has 3 rings (SSSR count). The van der Waals surface area contributed by atoms with Gasteiger partial charge < -0.3 is 0 Å². The van der Waals surface area contributed by atoms with Gasteiger partial charge in [-0.3, -0.25) is 0 Å². The molecule has 173 valence electrons. The van der Waals surface area contributed by atoms with E-state index in [9.17, 15) is 0 Å². The molecule has 0 radical (unpaired) electrons. The molecule has 0 N–H and O–H groups in total. The Hall–Kier alpha value is -1.27. The molecule has 0 saturated heterocycles. The molecule has 0 aliphatic rings. The molecule has 0 spiro atoms. The molecule has 3 atom stereocenters. The average Bonchev–Trinajstić information content (AvgIpc) is 3.54. The minimum absolute atomic E-state index is 0.00694. The SMILES string of the molecule is CCC(C)c1ccn(C(n2ccc(C(C)CC)n2)n2ccc(C(C)CC)n2)n1.[Cl][Mn][Cl]. The predicted octanol–water partition coefficient (Wildman–Crippen LogP) is 6.75. The van der Waals surface area contributed by atoms with Gasteiger partial charge in [-0.05, 0) is 55.2 Å². The minimum atomic E-state index is -0.242. The monoisotopic (exact) mass is 507 g/mol. The molecular weight excluding hydrogens is 474 g/mol. The van der Waals surface area contributed by atoms with Crippen molar-refractivity contribution in [2.24, 2.45) is 0 Å². The fourth-order valence-electron chi connectivity index (χ4n) is 3.22. The summed E-state index contributed by atoms with van der Waals surface area (Å²) in [4.78, 5) is 0. The summed E-state index contributed by atoms with van der Waals surface area (Å²) in [6.07, 6.45) is 9.10. The summed E-state index contributed by atoms with van der Waals surface area (Å²) in [6, 6.07) is 6.33. The van der Waals surface area contributed by atoms with Gasteiger partial charge in [0.2, 0.25) is 6.29 Å². The van der Waals surface area contributed by atoms with Crippen LogP contribution in [0.1, 0.15) is 102 Å². The molecule has 0 bridgehead atoms. The molecule has 3 aromatic rings. The zero-order valence-corrected chi connectivity index (χ0v) is 21.9. The topological polar surface area (TPSA) is 53.5 Å². The summed E-state index contributed by atoms with van der Waals surface area (Å²) >= 11 is 0.00694. The van der Waals surface area contributed by atoms with Crippen LogP contribution in [0.5, 0.6) is 0 Å². The molecule has 31 heavy (non-hydrogen) atoms. The number of hydrogen-bond acceptors (Lipinski definition) is 3. The molecule has 0 aliphatic heterocycles. The van der Waals surface area contributed by atoms with Crippen LogP contribution in [0.2, 0.25) is 0 Å². The fraction of sp³-hybridized carbons (Fsp3) is 0.591. The van der Waals surface area contributed by atoms with Crippen LogP contribution in [-0.4, -0.2) is 29.3 Å². The van der Waals surface area contributed by atoms with E-state index >= 15 is 0 Å². The Kier molecular flexibility index (Phi) is 10.6. The van der Waals surface area contributed by atoms with E-state index in [1.54, 1.807) is 0 Å². The molecule has 3 aromatic heterocycles. The Balaban J connectivity index is 0.00000107. The van der Waals surface area contributed by atoms with Gasteiger partial charge in [0.1, 0.15) is 0 Å². The predicted molar refractivity (Wildman–Crippen MR) is 124 cm³/mol. The van der Waals surface area contributed by atoms with E-state index in [0.717, 1.165) is 36.3 Å². The molecule has 0 aliphatic carbocycles. The fourth-order valence-corrected chi connectivity index (χ4v) is 3.22. The van der Waals surface area contributed by atoms with Crippen LogP contribution in [-0.2, 0) is 13.1 Å². The Morgan fingerprint density at radius 3 is 1.16 bits per heavy atom. The first-order chi connectivity index (χ1) is 14.9. The maximum absolute atomic E-state index is 4.88. The van der Waals surface area contributed by atoms with Crippen molar-refractivity contribution in [2.45, 2.75) is 84.8 Å². The van der Waals surface area contributed by atoms with Gasteiger partial charge in [0.15, 0.2) is 0 Å². The molecule has 6 nitrogen and oxygen atoms in total. The Morgan fingerprint density at radius 2 is 0.935 bits per heavy atom. The van der Waals surface area contributed by atoms with Crippen LogP contribution in [0.25, 0.3) is 0 Å². The number of halogens is 2. The van der Waals surface area contributed by atoms with E-state index in [1.165, 1.54) is 0 Å². The third-order valence-corrected chi connectivity index (χ3v) is 5.95. The van der Waals surface area contributed by atoms with E-state index in [0.29, 0.717) is 17.8 Å². The average molecular weight is 508 g/mol. The van der Waals surface area contributed by atoms with Crippen LogP contribution in [0.3, 0.4) is 0 Å². The second kappa shape index (κ2) is 12.7. The summed E-state index contributed by atoms with van der Waals surface area (Å²) in [5.41, 5.74) is 3.32. The molecule has 0 amide bonds. The zero-order valence-electron chi connectivity index (χ0n) is 19.2. The molecule has 9 heteroatoms. The first-order valence-corrected chi connectivity index (χ1v) is 14.2. The van der Waals surface area contributed by atoms with E-state index in [4.69, 9.17) is 35.5 Å². The summed E-state index contributed by atoms with van der Waals surface area (Å²) < 4.78 is 5.92. The van der Waals surface area contributed by atoms with Crippen molar-refractivity contribution in [1.82, 2.24) is 29.3 Å². The van der Waals surface area contributed by atoms with Crippen LogP contribution < -0.4 is 0 Å².